The number of carbonyl (C=O) groups excluding carboxylic acids is 2. The van der Waals surface area contributed by atoms with Crippen LogP contribution in [0.3, 0.4) is 0 Å². The van der Waals surface area contributed by atoms with Crippen molar-refractivity contribution in [3.63, 3.8) is 0 Å². The quantitative estimate of drug-likeness (QED) is 0.418. The molecule has 0 aliphatic heterocycles. The Bertz CT molecular complexity index is 1100. The van der Waals surface area contributed by atoms with Gasteiger partial charge in [0.2, 0.25) is 5.91 Å². The van der Waals surface area contributed by atoms with E-state index in [1.54, 1.807) is 40.6 Å². The lowest BCUT2D eigenvalue weighted by Crippen LogP contribution is -2.43. The molecule has 1 N–H and O–H groups in total. The van der Waals surface area contributed by atoms with E-state index in [4.69, 9.17) is 0 Å². The van der Waals surface area contributed by atoms with Crippen molar-refractivity contribution in [3.8, 4) is 0 Å². The standard InChI is InChI=1S/C24H21N3O2S2/c28-23(26-16-18-8-2-1-3-9-18)22(21-12-7-15-31-21)27(17-19-10-6-14-30-19)24(29)20-11-4-5-13-25-20/h1-15,22H,16-17H2,(H,26,28)/t22-/m0/s1. The van der Waals surface area contributed by atoms with Crippen LogP contribution in [0.5, 0.6) is 0 Å². The molecule has 1 atom stereocenters. The number of aromatic nitrogens is 1. The van der Waals surface area contributed by atoms with Crippen LogP contribution in [-0.2, 0) is 17.9 Å². The van der Waals surface area contributed by atoms with E-state index in [2.05, 4.69) is 10.3 Å². The number of hydrogen-bond donors (Lipinski definition) is 1. The molecular weight excluding hydrogens is 426 g/mol. The molecule has 0 radical (unpaired) electrons. The minimum absolute atomic E-state index is 0.216. The maximum absolute atomic E-state index is 13.5. The molecule has 0 unspecified atom stereocenters. The topological polar surface area (TPSA) is 62.3 Å². The average Bonchev–Trinajstić information content (AvgIpc) is 3.53. The minimum atomic E-state index is -0.750. The summed E-state index contributed by atoms with van der Waals surface area (Å²) < 4.78 is 0. The number of benzene rings is 1. The average molecular weight is 448 g/mol. The number of hydrogen-bond acceptors (Lipinski definition) is 5. The number of nitrogens with zero attached hydrogens (tertiary/aromatic N) is 2. The Morgan fingerprint density at radius 3 is 2.35 bits per heavy atom. The smallest absolute Gasteiger partial charge is 0.273 e. The van der Waals surface area contributed by atoms with E-state index in [9.17, 15) is 9.59 Å². The van der Waals surface area contributed by atoms with Crippen molar-refractivity contribution in [2.75, 3.05) is 0 Å². The first-order valence-electron chi connectivity index (χ1n) is 9.82. The fourth-order valence-electron chi connectivity index (χ4n) is 3.24. The summed E-state index contributed by atoms with van der Waals surface area (Å²) in [6.07, 6.45) is 1.59. The van der Waals surface area contributed by atoms with Crippen molar-refractivity contribution in [2.45, 2.75) is 19.1 Å². The van der Waals surface area contributed by atoms with Gasteiger partial charge in [-0.15, -0.1) is 22.7 Å². The lowest BCUT2D eigenvalue weighted by molar-refractivity contribution is -0.126. The van der Waals surface area contributed by atoms with E-state index in [-0.39, 0.29) is 11.8 Å². The normalized spacial score (nSPS) is 11.6. The van der Waals surface area contributed by atoms with Gasteiger partial charge >= 0.3 is 0 Å². The first-order valence-corrected chi connectivity index (χ1v) is 11.6. The molecule has 0 saturated heterocycles. The van der Waals surface area contributed by atoms with Gasteiger partial charge in [-0.1, -0.05) is 48.5 Å². The van der Waals surface area contributed by atoms with Crippen LogP contribution in [0.2, 0.25) is 0 Å². The maximum Gasteiger partial charge on any atom is 0.273 e. The van der Waals surface area contributed by atoms with E-state index in [0.717, 1.165) is 15.3 Å². The van der Waals surface area contributed by atoms with Crippen molar-refractivity contribution in [2.24, 2.45) is 0 Å². The Morgan fingerprint density at radius 2 is 1.68 bits per heavy atom. The molecule has 0 bridgehead atoms. The molecule has 0 aliphatic rings. The van der Waals surface area contributed by atoms with E-state index >= 15 is 0 Å². The van der Waals surface area contributed by atoms with Gasteiger partial charge in [-0.25, -0.2) is 0 Å². The largest absolute Gasteiger partial charge is 0.350 e. The maximum atomic E-state index is 13.5. The summed E-state index contributed by atoms with van der Waals surface area (Å²) in [5, 5.41) is 6.90. The molecule has 3 aromatic heterocycles. The highest BCUT2D eigenvalue weighted by Crippen LogP contribution is 2.29. The van der Waals surface area contributed by atoms with Gasteiger partial charge in [0.25, 0.3) is 5.91 Å². The van der Waals surface area contributed by atoms with E-state index in [0.29, 0.717) is 18.8 Å². The zero-order valence-corrected chi connectivity index (χ0v) is 18.3. The fourth-order valence-corrected chi connectivity index (χ4v) is 4.78. The van der Waals surface area contributed by atoms with Crippen molar-refractivity contribution in [3.05, 3.63) is 111 Å². The second-order valence-electron chi connectivity index (χ2n) is 6.85. The second kappa shape index (κ2) is 10.1. The summed E-state index contributed by atoms with van der Waals surface area (Å²) in [6, 6.07) is 21.9. The summed E-state index contributed by atoms with van der Waals surface area (Å²) in [5.41, 5.74) is 1.32. The molecule has 4 aromatic rings. The molecule has 0 aliphatic carbocycles. The summed E-state index contributed by atoms with van der Waals surface area (Å²) in [7, 11) is 0. The summed E-state index contributed by atoms with van der Waals surface area (Å²) in [5.74, 6) is -0.491. The molecule has 4 rings (SSSR count). The lowest BCUT2D eigenvalue weighted by atomic mass is 10.1. The van der Waals surface area contributed by atoms with E-state index in [1.807, 2.05) is 65.4 Å². The van der Waals surface area contributed by atoms with E-state index < -0.39 is 6.04 Å². The van der Waals surface area contributed by atoms with Gasteiger partial charge in [0.15, 0.2) is 0 Å². The van der Waals surface area contributed by atoms with Gasteiger partial charge in [0.1, 0.15) is 11.7 Å². The summed E-state index contributed by atoms with van der Waals surface area (Å²) in [4.78, 5) is 34.5. The van der Waals surface area contributed by atoms with Gasteiger partial charge in [-0.05, 0) is 40.6 Å². The van der Waals surface area contributed by atoms with Gasteiger partial charge in [0.05, 0.1) is 6.54 Å². The Morgan fingerprint density at radius 1 is 0.903 bits per heavy atom. The Kier molecular flexibility index (Phi) is 6.86. The van der Waals surface area contributed by atoms with Crippen LogP contribution in [0.15, 0.2) is 89.8 Å². The highest BCUT2D eigenvalue weighted by atomic mass is 32.1. The predicted molar refractivity (Wildman–Crippen MR) is 124 cm³/mol. The Hall–Kier alpha value is -3.29. The molecule has 3 heterocycles. The SMILES string of the molecule is O=C(NCc1ccccc1)[C@H](c1cccs1)N(Cc1cccs1)C(=O)c1ccccn1. The van der Waals surface area contributed by atoms with Gasteiger partial charge in [-0.2, -0.15) is 0 Å². The van der Waals surface area contributed by atoms with Crippen LogP contribution in [0.25, 0.3) is 0 Å². The Labute approximate surface area is 189 Å². The first-order chi connectivity index (χ1) is 15.2. The molecule has 0 saturated carbocycles. The van der Waals surface area contributed by atoms with Crippen LogP contribution in [-0.4, -0.2) is 21.7 Å². The number of nitrogens with one attached hydrogen (secondary N) is 1. The monoisotopic (exact) mass is 447 g/mol. The Balaban J connectivity index is 1.66. The van der Waals surface area contributed by atoms with Gasteiger partial charge in [-0.3, -0.25) is 14.6 Å². The molecule has 156 valence electrons. The molecule has 2 amide bonds. The fraction of sp³-hybridized carbons (Fsp3) is 0.125. The molecular formula is C24H21N3O2S2. The molecule has 0 fully saturated rings. The highest BCUT2D eigenvalue weighted by molar-refractivity contribution is 7.10. The third-order valence-corrected chi connectivity index (χ3v) is 6.52. The van der Waals surface area contributed by atoms with E-state index in [1.165, 1.54) is 11.3 Å². The number of rotatable bonds is 8. The lowest BCUT2D eigenvalue weighted by Gasteiger charge is -2.30. The zero-order valence-electron chi connectivity index (χ0n) is 16.7. The molecule has 5 nitrogen and oxygen atoms in total. The van der Waals surface area contributed by atoms with Gasteiger partial charge in [0, 0.05) is 22.5 Å². The van der Waals surface area contributed by atoms with Crippen molar-refractivity contribution in [1.82, 2.24) is 15.2 Å². The number of carbonyl (C=O) groups is 2. The van der Waals surface area contributed by atoms with Crippen LogP contribution in [0.1, 0.15) is 31.8 Å². The first kappa shape index (κ1) is 21.0. The number of thiophene rings is 2. The van der Waals surface area contributed by atoms with Crippen LogP contribution >= 0.6 is 22.7 Å². The zero-order chi connectivity index (χ0) is 21.5. The predicted octanol–water partition coefficient (Wildman–Crippen LogP) is 4.90. The van der Waals surface area contributed by atoms with Crippen molar-refractivity contribution >= 4 is 34.5 Å². The molecule has 31 heavy (non-hydrogen) atoms. The third-order valence-electron chi connectivity index (χ3n) is 4.73. The second-order valence-corrected chi connectivity index (χ2v) is 8.86. The summed E-state index contributed by atoms with van der Waals surface area (Å²) in [6.45, 7) is 0.723. The molecule has 1 aromatic carbocycles. The van der Waals surface area contributed by atoms with Crippen LogP contribution in [0.4, 0.5) is 0 Å². The number of pyridine rings is 1. The molecule has 0 spiro atoms. The third kappa shape index (κ3) is 5.25. The number of amides is 2. The van der Waals surface area contributed by atoms with Crippen molar-refractivity contribution in [1.29, 1.82) is 0 Å². The minimum Gasteiger partial charge on any atom is -0.350 e. The van der Waals surface area contributed by atoms with Crippen molar-refractivity contribution < 1.29 is 9.59 Å². The summed E-state index contributed by atoms with van der Waals surface area (Å²) >= 11 is 3.02. The van der Waals surface area contributed by atoms with Gasteiger partial charge < -0.3 is 10.2 Å². The van der Waals surface area contributed by atoms with Crippen LogP contribution in [0, 0.1) is 0 Å². The van der Waals surface area contributed by atoms with Crippen LogP contribution < -0.4 is 5.32 Å². The molecule has 7 heteroatoms. The highest BCUT2D eigenvalue weighted by Gasteiger charge is 2.33.